The first-order chi connectivity index (χ1) is 49.6. The lowest BCUT2D eigenvalue weighted by atomic mass is 9.88. The molecule has 12 N–H and O–H groups in total. The molecule has 12 rings (SSSR count). The number of fused-ring (bicyclic) bond motifs is 3. The number of carbonyl (C=O) groups excluding carboxylic acids is 10. The fourth-order valence-electron chi connectivity index (χ4n) is 12.9. The number of carbonyl (C=O) groups is 11. The molecule has 9 heterocycles. The van der Waals surface area contributed by atoms with Crippen LogP contribution in [0.2, 0.25) is 0 Å². The summed E-state index contributed by atoms with van der Waals surface area (Å²) in [5, 5.41) is 33.0. The van der Waals surface area contributed by atoms with Crippen LogP contribution in [0.25, 0.3) is 0 Å². The van der Waals surface area contributed by atoms with Gasteiger partial charge in [-0.3, -0.25) is 49.0 Å². The standard InChI is InChI=1S/C27H33N5O5.C22H25N5O3.C14H18N2O.C13H17N3O5/c1-15-6-9-21(17-7-8-18-12-29-23(33)20(18)11-17)32(14-15)25(35)24(34)30-19-10-16(2)22(28-13-19)31-26(36)37-27(3,4)5;1-12-3-6-18(14-4-5-15-9-25-20(28)17(15)8-14)27(11-12)22(30)21(29)26-16-7-13(2)19(23)24-10-16;1-9-2-5-13(15-7-9)10-3-4-11-8-16-14(17)12(11)6-10;1-7-5-8(15-10(17)11(18)19)6-14-9(7)16-12(20)21-13(2,3)4/h7-8,10-11,13,15,21H,6,9,12,14H2,1-5H3,(H,29,33)(H,30,34)(H,28,31,36);4-5,7-8,10,12,18H,3,6,9,11H2,1-2H3,(H2,23,24)(H,25,28)(H,26,29);3-4,6,9,13,15H,2,5,7-8H2,1H3,(H,16,17);5-6H,1-4H3,(H,15,17)(H,18,19)(H,14,16,20)/t;12-,18+;;/m.1../s1. The normalized spacial score (nSPS) is 19.2. The number of aromatic nitrogens is 3. The Labute approximate surface area is 609 Å². The topological polar surface area (TPSA) is 406 Å². The molecule has 3 aromatic carbocycles. The number of piperidine rings is 3. The summed E-state index contributed by atoms with van der Waals surface area (Å²) in [5.74, 6) is -3.38. The van der Waals surface area contributed by atoms with Gasteiger partial charge in [0, 0.05) is 55.5 Å². The summed E-state index contributed by atoms with van der Waals surface area (Å²) in [7, 11) is 0. The molecule has 29 nitrogen and oxygen atoms in total. The Hall–Kier alpha value is -11.4. The quantitative estimate of drug-likeness (QED) is 0.0631. The van der Waals surface area contributed by atoms with Crippen LogP contribution in [0, 0.1) is 38.5 Å². The summed E-state index contributed by atoms with van der Waals surface area (Å²) in [6.07, 6.45) is 8.49. The molecule has 6 aliphatic heterocycles. The molecule has 6 atom stereocenters. The number of pyridine rings is 3. The average Bonchev–Trinajstić information content (AvgIpc) is 1.79. The van der Waals surface area contributed by atoms with Crippen LogP contribution in [-0.4, -0.2) is 126 Å². The molecular weight excluding hydrogens is 1350 g/mol. The maximum Gasteiger partial charge on any atom is 0.413 e. The van der Waals surface area contributed by atoms with E-state index in [1.165, 1.54) is 43.1 Å². The maximum atomic E-state index is 13.3. The van der Waals surface area contributed by atoms with Gasteiger partial charge in [-0.2, -0.15) is 0 Å². The number of nitrogen functional groups attached to an aromatic ring is 1. The first-order valence-corrected chi connectivity index (χ1v) is 35.0. The number of carboxylic acid groups (broad SMARTS) is 1. The monoisotopic (exact) mass is 1440 g/mol. The number of aryl methyl sites for hydroxylation is 3. The van der Waals surface area contributed by atoms with E-state index in [4.69, 9.17) is 20.3 Å². The molecule has 105 heavy (non-hydrogen) atoms. The lowest BCUT2D eigenvalue weighted by Crippen LogP contribution is -2.46. The smallest absolute Gasteiger partial charge is 0.413 e. The third kappa shape index (κ3) is 20.7. The van der Waals surface area contributed by atoms with Crippen LogP contribution in [-0.2, 0) is 57.9 Å². The van der Waals surface area contributed by atoms with Gasteiger partial charge < -0.3 is 67.3 Å². The second-order valence-electron chi connectivity index (χ2n) is 29.4. The van der Waals surface area contributed by atoms with Crippen molar-refractivity contribution in [2.75, 3.05) is 52.0 Å². The molecule has 3 aromatic heterocycles. The molecule has 0 aliphatic carbocycles. The highest BCUT2D eigenvalue weighted by molar-refractivity contribution is 6.40. The van der Waals surface area contributed by atoms with E-state index >= 15 is 0 Å². The minimum atomic E-state index is -1.59. The van der Waals surface area contributed by atoms with Gasteiger partial charge in [0.15, 0.2) is 0 Å². The van der Waals surface area contributed by atoms with Crippen molar-refractivity contribution in [3.05, 3.63) is 158 Å². The Bertz CT molecular complexity index is 4370. The molecule has 0 saturated carbocycles. The number of nitrogens with one attached hydrogen (secondary N) is 9. The number of anilines is 6. The zero-order chi connectivity index (χ0) is 76.4. The number of ether oxygens (including phenoxy) is 2. The van der Waals surface area contributed by atoms with Crippen molar-refractivity contribution in [2.24, 2.45) is 17.8 Å². The van der Waals surface area contributed by atoms with Crippen LogP contribution >= 0.6 is 0 Å². The first-order valence-electron chi connectivity index (χ1n) is 35.0. The fraction of sp³-hybridized carbons (Fsp3) is 0.421. The van der Waals surface area contributed by atoms with E-state index < -0.39 is 58.9 Å². The van der Waals surface area contributed by atoms with Crippen molar-refractivity contribution in [1.29, 1.82) is 0 Å². The first kappa shape index (κ1) is 77.8. The summed E-state index contributed by atoms with van der Waals surface area (Å²) in [5.41, 5.74) is 15.4. The minimum Gasteiger partial charge on any atom is -0.474 e. The largest absolute Gasteiger partial charge is 0.474 e. The summed E-state index contributed by atoms with van der Waals surface area (Å²) in [6.45, 7) is 25.7. The van der Waals surface area contributed by atoms with E-state index in [9.17, 15) is 52.7 Å². The molecule has 0 bridgehead atoms. The molecule has 0 radical (unpaired) electrons. The molecule has 0 spiro atoms. The fourth-order valence-corrected chi connectivity index (χ4v) is 12.9. The van der Waals surface area contributed by atoms with E-state index in [1.54, 1.807) is 84.2 Å². The second-order valence-corrected chi connectivity index (χ2v) is 29.4. The molecule has 556 valence electrons. The zero-order valence-corrected chi connectivity index (χ0v) is 61.2. The predicted molar refractivity (Wildman–Crippen MR) is 392 cm³/mol. The lowest BCUT2D eigenvalue weighted by molar-refractivity contribution is -0.147. The molecule has 3 saturated heterocycles. The van der Waals surface area contributed by atoms with Crippen LogP contribution < -0.4 is 53.6 Å². The van der Waals surface area contributed by atoms with Crippen LogP contribution in [0.3, 0.4) is 0 Å². The highest BCUT2D eigenvalue weighted by atomic mass is 16.6. The molecule has 10 amide bonds. The van der Waals surface area contributed by atoms with Gasteiger partial charge in [-0.05, 0) is 212 Å². The van der Waals surface area contributed by atoms with Crippen LogP contribution in [0.15, 0.2) is 91.4 Å². The Morgan fingerprint density at radius 2 is 0.857 bits per heavy atom. The Balaban J connectivity index is 0.000000169. The molecule has 6 aromatic rings. The Morgan fingerprint density at radius 3 is 1.23 bits per heavy atom. The average molecular weight is 1440 g/mol. The molecule has 4 unspecified atom stereocenters. The van der Waals surface area contributed by atoms with E-state index in [2.05, 4.69) is 94.8 Å². The highest BCUT2D eigenvalue weighted by Crippen LogP contribution is 2.38. The van der Waals surface area contributed by atoms with Gasteiger partial charge in [0.05, 0.1) is 47.7 Å². The molecule has 3 fully saturated rings. The van der Waals surface area contributed by atoms with Crippen LogP contribution in [0.5, 0.6) is 0 Å². The lowest BCUT2D eigenvalue weighted by Gasteiger charge is -2.38. The third-order valence-electron chi connectivity index (χ3n) is 18.3. The van der Waals surface area contributed by atoms with Crippen LogP contribution in [0.4, 0.5) is 44.1 Å². The van der Waals surface area contributed by atoms with E-state index in [1.807, 2.05) is 43.3 Å². The molecule has 29 heteroatoms. The van der Waals surface area contributed by atoms with Gasteiger partial charge in [-0.15, -0.1) is 0 Å². The van der Waals surface area contributed by atoms with E-state index in [0.717, 1.165) is 70.7 Å². The van der Waals surface area contributed by atoms with Crippen molar-refractivity contribution in [3.63, 3.8) is 0 Å². The van der Waals surface area contributed by atoms with Crippen molar-refractivity contribution < 1.29 is 67.3 Å². The van der Waals surface area contributed by atoms with Crippen molar-refractivity contribution in [3.8, 4) is 0 Å². The van der Waals surface area contributed by atoms with Gasteiger partial charge in [-0.25, -0.2) is 29.3 Å². The van der Waals surface area contributed by atoms with Gasteiger partial charge in [0.2, 0.25) is 0 Å². The number of hydrogen-bond acceptors (Lipinski definition) is 18. The van der Waals surface area contributed by atoms with Crippen molar-refractivity contribution >= 4 is 99.9 Å². The molecule has 6 aliphatic rings. The van der Waals surface area contributed by atoms with Crippen molar-refractivity contribution in [2.45, 2.75) is 171 Å². The summed E-state index contributed by atoms with van der Waals surface area (Å²) in [4.78, 5) is 148. The number of likely N-dealkylation sites (tertiary alicyclic amines) is 2. The number of aliphatic carboxylic acids is 1. The number of benzene rings is 3. The van der Waals surface area contributed by atoms with Crippen molar-refractivity contribution in [1.82, 2.24) is 46.0 Å². The number of nitrogens with two attached hydrogens (primary N) is 1. The van der Waals surface area contributed by atoms with Gasteiger partial charge in [0.1, 0.15) is 28.7 Å². The van der Waals surface area contributed by atoms with Gasteiger partial charge >= 0.3 is 47.7 Å². The number of hydrogen-bond donors (Lipinski definition) is 11. The summed E-state index contributed by atoms with van der Waals surface area (Å²) >= 11 is 0. The second kappa shape index (κ2) is 33.4. The number of nitrogens with zero attached hydrogens (tertiary/aromatic N) is 5. The van der Waals surface area contributed by atoms with E-state index in [0.29, 0.717) is 90.5 Å². The summed E-state index contributed by atoms with van der Waals surface area (Å²) in [6, 6.07) is 22.4. The third-order valence-corrected chi connectivity index (χ3v) is 18.3. The van der Waals surface area contributed by atoms with E-state index in [-0.39, 0.29) is 53.1 Å². The van der Waals surface area contributed by atoms with Gasteiger partial charge in [0.25, 0.3) is 17.7 Å². The SMILES string of the molecule is CC1CCC(c2ccc3c(c2)C(=O)NC3)NC1.Cc1cc(NC(=O)C(=O)N2CC(C)CCC2c2ccc3c(c2)C(=O)NC3)cnc1NC(=O)OC(C)(C)C.Cc1cc(NC(=O)C(=O)N2C[C@H](C)CC[C@H]2c2ccc3c(c2)C(=O)NC3)cnc1N.Cc1cc(NC(=O)C(=O)O)cnc1NC(=O)OC(C)(C)C. The Morgan fingerprint density at radius 1 is 0.486 bits per heavy atom. The zero-order valence-electron chi connectivity index (χ0n) is 61.2. The number of rotatable bonds is 8. The minimum absolute atomic E-state index is 0.0750. The predicted octanol–water partition coefficient (Wildman–Crippen LogP) is 9.82. The number of carboxylic acids is 1. The van der Waals surface area contributed by atoms with Gasteiger partial charge in [-0.1, -0.05) is 57.2 Å². The van der Waals surface area contributed by atoms with Crippen LogP contribution in [0.1, 0.15) is 200 Å². The summed E-state index contributed by atoms with van der Waals surface area (Å²) < 4.78 is 10.3. The molecular formula is C76H93N15O14. The highest BCUT2D eigenvalue weighted by Gasteiger charge is 2.38. The number of amides is 10. The Kier molecular flexibility index (Phi) is 24.7. The maximum absolute atomic E-state index is 13.3.